The number of alkyl halides is 3. The molecule has 2 aromatic carbocycles. The molecule has 198 valence electrons. The number of carbonyl (C=O) groups excluding carboxylic acids is 2. The standard InChI is InChI=1S/C27H29F3N2O5/c1-16-23(24(33)31-19-10-11-32(14-19)25(34)37-26(2,3)4)21-13-20(8-9-22(21)36-16)35-15-17-6-5-7-18(12-17)27(28,29)30/h5-9,12-13,19H,10-11,14-15H2,1-4H3,(H,31,33)/t19-/m1/s1. The van der Waals surface area contributed by atoms with E-state index in [1.807, 2.05) is 0 Å². The Morgan fingerprint density at radius 3 is 2.59 bits per heavy atom. The lowest BCUT2D eigenvalue weighted by Crippen LogP contribution is -2.40. The molecule has 7 nitrogen and oxygen atoms in total. The number of aryl methyl sites for hydroxylation is 1. The van der Waals surface area contributed by atoms with Gasteiger partial charge < -0.3 is 24.1 Å². The largest absolute Gasteiger partial charge is 0.489 e. The average molecular weight is 519 g/mol. The molecule has 3 aromatic rings. The van der Waals surface area contributed by atoms with E-state index >= 15 is 0 Å². The van der Waals surface area contributed by atoms with Crippen molar-refractivity contribution in [2.24, 2.45) is 0 Å². The summed E-state index contributed by atoms with van der Waals surface area (Å²) in [7, 11) is 0. The van der Waals surface area contributed by atoms with Gasteiger partial charge in [-0.2, -0.15) is 13.2 Å². The molecule has 0 spiro atoms. The van der Waals surface area contributed by atoms with E-state index in [2.05, 4.69) is 5.32 Å². The van der Waals surface area contributed by atoms with Crippen LogP contribution in [-0.4, -0.2) is 41.6 Å². The summed E-state index contributed by atoms with van der Waals surface area (Å²) in [6.45, 7) is 7.80. The van der Waals surface area contributed by atoms with Crippen LogP contribution in [0.4, 0.5) is 18.0 Å². The van der Waals surface area contributed by atoms with E-state index in [0.29, 0.717) is 53.1 Å². The second kappa shape index (κ2) is 9.99. The fraction of sp³-hybridized carbons (Fsp3) is 0.407. The quantitative estimate of drug-likeness (QED) is 0.443. The Morgan fingerprint density at radius 2 is 1.89 bits per heavy atom. The number of nitrogens with one attached hydrogen (secondary N) is 1. The van der Waals surface area contributed by atoms with E-state index in [0.717, 1.165) is 12.1 Å². The van der Waals surface area contributed by atoms with Crippen molar-refractivity contribution in [1.82, 2.24) is 10.2 Å². The monoisotopic (exact) mass is 518 g/mol. The third-order valence-corrected chi connectivity index (χ3v) is 5.90. The smallest absolute Gasteiger partial charge is 0.416 e. The van der Waals surface area contributed by atoms with E-state index in [9.17, 15) is 22.8 Å². The zero-order valence-corrected chi connectivity index (χ0v) is 21.1. The lowest BCUT2D eigenvalue weighted by molar-refractivity contribution is -0.137. The summed E-state index contributed by atoms with van der Waals surface area (Å²) in [5.41, 5.74) is -0.157. The Labute approximate surface area is 212 Å². The van der Waals surface area contributed by atoms with Gasteiger partial charge in [0.15, 0.2) is 0 Å². The molecule has 1 aliphatic rings. The summed E-state index contributed by atoms with van der Waals surface area (Å²) in [5.74, 6) is 0.462. The molecule has 0 bridgehead atoms. The fourth-order valence-corrected chi connectivity index (χ4v) is 4.20. The van der Waals surface area contributed by atoms with E-state index in [-0.39, 0.29) is 18.6 Å². The number of benzene rings is 2. The van der Waals surface area contributed by atoms with Crippen LogP contribution in [0.5, 0.6) is 5.75 Å². The zero-order chi connectivity index (χ0) is 27.0. The number of carbonyl (C=O) groups is 2. The minimum Gasteiger partial charge on any atom is -0.489 e. The van der Waals surface area contributed by atoms with Crippen LogP contribution in [0.15, 0.2) is 46.9 Å². The van der Waals surface area contributed by atoms with Crippen LogP contribution in [0.2, 0.25) is 0 Å². The van der Waals surface area contributed by atoms with Crippen molar-refractivity contribution >= 4 is 23.0 Å². The maximum atomic E-state index is 13.2. The molecule has 10 heteroatoms. The molecule has 1 atom stereocenters. The van der Waals surface area contributed by atoms with Crippen molar-refractivity contribution in [2.45, 2.75) is 58.5 Å². The van der Waals surface area contributed by atoms with Gasteiger partial charge in [-0.1, -0.05) is 12.1 Å². The molecule has 37 heavy (non-hydrogen) atoms. The topological polar surface area (TPSA) is 81.0 Å². The predicted octanol–water partition coefficient (Wildman–Crippen LogP) is 6.08. The van der Waals surface area contributed by atoms with Crippen LogP contribution in [-0.2, 0) is 17.5 Å². The number of furan rings is 1. The molecule has 0 aliphatic carbocycles. The lowest BCUT2D eigenvalue weighted by Gasteiger charge is -2.24. The second-order valence-electron chi connectivity index (χ2n) is 10.1. The minimum absolute atomic E-state index is 0.0731. The SMILES string of the molecule is Cc1oc2ccc(OCc3cccc(C(F)(F)F)c3)cc2c1C(=O)N[C@@H]1CCN(C(=O)OC(C)(C)C)C1. The number of halogens is 3. The first-order chi connectivity index (χ1) is 17.3. The van der Waals surface area contributed by atoms with Crippen molar-refractivity contribution < 1.29 is 36.7 Å². The van der Waals surface area contributed by atoms with Gasteiger partial charge in [0.1, 0.15) is 29.3 Å². The third kappa shape index (κ3) is 6.36. The molecule has 0 radical (unpaired) electrons. The summed E-state index contributed by atoms with van der Waals surface area (Å²) in [6, 6.07) is 9.61. The van der Waals surface area contributed by atoms with Gasteiger partial charge in [-0.05, 0) is 70.0 Å². The molecule has 2 heterocycles. The van der Waals surface area contributed by atoms with Crippen molar-refractivity contribution in [2.75, 3.05) is 13.1 Å². The van der Waals surface area contributed by atoms with Gasteiger partial charge in [-0.15, -0.1) is 0 Å². The van der Waals surface area contributed by atoms with Crippen molar-refractivity contribution in [3.63, 3.8) is 0 Å². The zero-order valence-electron chi connectivity index (χ0n) is 21.1. The van der Waals surface area contributed by atoms with Crippen LogP contribution < -0.4 is 10.1 Å². The Kier molecular flexibility index (Phi) is 7.12. The molecule has 1 aromatic heterocycles. The molecule has 1 saturated heterocycles. The highest BCUT2D eigenvalue weighted by atomic mass is 19.4. The number of amides is 2. The molecule has 1 aliphatic heterocycles. The van der Waals surface area contributed by atoms with Gasteiger partial charge in [0.2, 0.25) is 0 Å². The highest BCUT2D eigenvalue weighted by molar-refractivity contribution is 6.07. The number of hydrogen-bond acceptors (Lipinski definition) is 5. The first kappa shape index (κ1) is 26.4. The van der Waals surface area contributed by atoms with Crippen molar-refractivity contribution in [3.05, 3.63) is 64.9 Å². The first-order valence-corrected chi connectivity index (χ1v) is 11.9. The normalized spacial score (nSPS) is 16.2. The number of fused-ring (bicyclic) bond motifs is 1. The Hall–Kier alpha value is -3.69. The van der Waals surface area contributed by atoms with Gasteiger partial charge in [0, 0.05) is 24.5 Å². The van der Waals surface area contributed by atoms with Crippen LogP contribution in [0.3, 0.4) is 0 Å². The van der Waals surface area contributed by atoms with E-state index < -0.39 is 23.4 Å². The van der Waals surface area contributed by atoms with Gasteiger partial charge in [0.25, 0.3) is 5.91 Å². The highest BCUT2D eigenvalue weighted by Gasteiger charge is 2.32. The van der Waals surface area contributed by atoms with Crippen LogP contribution in [0.1, 0.15) is 54.4 Å². The lowest BCUT2D eigenvalue weighted by atomic mass is 10.1. The van der Waals surface area contributed by atoms with Gasteiger partial charge in [-0.3, -0.25) is 4.79 Å². The van der Waals surface area contributed by atoms with Gasteiger partial charge in [0.05, 0.1) is 11.1 Å². The number of hydrogen-bond donors (Lipinski definition) is 1. The van der Waals surface area contributed by atoms with Crippen molar-refractivity contribution in [3.8, 4) is 5.75 Å². The summed E-state index contributed by atoms with van der Waals surface area (Å²) in [6.07, 6.45) is -4.27. The molecule has 1 N–H and O–H groups in total. The van der Waals surface area contributed by atoms with Crippen LogP contribution in [0.25, 0.3) is 11.0 Å². The second-order valence-corrected chi connectivity index (χ2v) is 10.1. The number of ether oxygens (including phenoxy) is 2. The highest BCUT2D eigenvalue weighted by Crippen LogP contribution is 2.31. The van der Waals surface area contributed by atoms with Crippen LogP contribution in [0, 0.1) is 6.92 Å². The molecular weight excluding hydrogens is 489 g/mol. The average Bonchev–Trinajstić information content (AvgIpc) is 3.39. The molecule has 0 saturated carbocycles. The molecule has 0 unspecified atom stereocenters. The van der Waals surface area contributed by atoms with Gasteiger partial charge >= 0.3 is 12.3 Å². The molecular formula is C27H29F3N2O5. The maximum Gasteiger partial charge on any atom is 0.416 e. The number of rotatable bonds is 5. The Morgan fingerprint density at radius 1 is 1.14 bits per heavy atom. The van der Waals surface area contributed by atoms with E-state index in [1.165, 1.54) is 6.07 Å². The minimum atomic E-state index is -4.44. The summed E-state index contributed by atoms with van der Waals surface area (Å²) < 4.78 is 55.8. The molecule has 4 rings (SSSR count). The first-order valence-electron chi connectivity index (χ1n) is 11.9. The Balaban J connectivity index is 1.45. The Bertz CT molecular complexity index is 1310. The third-order valence-electron chi connectivity index (χ3n) is 5.90. The summed E-state index contributed by atoms with van der Waals surface area (Å²) in [5, 5.41) is 3.49. The molecule has 2 amide bonds. The van der Waals surface area contributed by atoms with E-state index in [1.54, 1.807) is 56.9 Å². The predicted molar refractivity (Wildman–Crippen MR) is 130 cm³/mol. The van der Waals surface area contributed by atoms with Crippen molar-refractivity contribution in [1.29, 1.82) is 0 Å². The van der Waals surface area contributed by atoms with Crippen LogP contribution >= 0.6 is 0 Å². The summed E-state index contributed by atoms with van der Waals surface area (Å²) >= 11 is 0. The number of likely N-dealkylation sites (tertiary alicyclic amines) is 1. The summed E-state index contributed by atoms with van der Waals surface area (Å²) in [4.78, 5) is 27.1. The van der Waals surface area contributed by atoms with Gasteiger partial charge in [-0.25, -0.2) is 4.79 Å². The molecule has 1 fully saturated rings. The number of nitrogens with zero attached hydrogens (tertiary/aromatic N) is 1. The maximum absolute atomic E-state index is 13.2. The van der Waals surface area contributed by atoms with E-state index in [4.69, 9.17) is 13.9 Å². The fourth-order valence-electron chi connectivity index (χ4n) is 4.20.